The van der Waals surface area contributed by atoms with Crippen molar-refractivity contribution in [3.8, 4) is 27.8 Å². The van der Waals surface area contributed by atoms with Crippen LogP contribution in [0.3, 0.4) is 0 Å². The maximum Gasteiger partial charge on any atom is 0.261 e. The van der Waals surface area contributed by atoms with E-state index in [4.69, 9.17) is 4.52 Å². The number of hydrogen-bond acceptors (Lipinski definition) is 5. The lowest BCUT2D eigenvalue weighted by molar-refractivity contribution is 0.430. The van der Waals surface area contributed by atoms with Gasteiger partial charge in [-0.2, -0.15) is 10.1 Å². The molecule has 3 aromatic heterocycles. The zero-order valence-corrected chi connectivity index (χ0v) is 15.1. The average molecular weight is 376 g/mol. The zero-order chi connectivity index (χ0) is 18.4. The van der Waals surface area contributed by atoms with Gasteiger partial charge in [-0.05, 0) is 37.3 Å². The van der Waals surface area contributed by atoms with Gasteiger partial charge in [-0.3, -0.25) is 0 Å². The Labute approximate surface area is 157 Å². The molecule has 7 heteroatoms. The van der Waals surface area contributed by atoms with E-state index in [0.717, 1.165) is 26.5 Å². The Morgan fingerprint density at radius 1 is 1.04 bits per heavy atom. The van der Waals surface area contributed by atoms with Crippen LogP contribution in [0.5, 0.6) is 0 Å². The van der Waals surface area contributed by atoms with Gasteiger partial charge in [-0.25, -0.2) is 9.07 Å². The summed E-state index contributed by atoms with van der Waals surface area (Å²) in [5, 5.41) is 9.71. The number of aryl methyl sites for hydroxylation is 1. The van der Waals surface area contributed by atoms with Crippen molar-refractivity contribution in [3.05, 3.63) is 72.2 Å². The second kappa shape index (κ2) is 6.14. The molecule has 5 aromatic rings. The van der Waals surface area contributed by atoms with Crippen molar-refractivity contribution in [2.45, 2.75) is 6.92 Å². The summed E-state index contributed by atoms with van der Waals surface area (Å²) >= 11 is 1.53. The molecule has 0 radical (unpaired) electrons. The van der Waals surface area contributed by atoms with Crippen LogP contribution >= 0.6 is 11.3 Å². The summed E-state index contributed by atoms with van der Waals surface area (Å²) in [6, 6.07) is 18.3. The first-order valence-electron chi connectivity index (χ1n) is 8.34. The summed E-state index contributed by atoms with van der Waals surface area (Å²) in [6.45, 7) is 1.97. The van der Waals surface area contributed by atoms with E-state index in [9.17, 15) is 4.39 Å². The highest BCUT2D eigenvalue weighted by molar-refractivity contribution is 7.21. The summed E-state index contributed by atoms with van der Waals surface area (Å²) in [6.07, 6.45) is 0. The van der Waals surface area contributed by atoms with Gasteiger partial charge in [0.05, 0.1) is 21.8 Å². The average Bonchev–Trinajstić information content (AvgIpc) is 3.39. The fourth-order valence-corrected chi connectivity index (χ4v) is 4.08. The maximum atomic E-state index is 14.0. The molecule has 3 heterocycles. The Morgan fingerprint density at radius 2 is 1.81 bits per heavy atom. The number of thiophene rings is 1. The topological polar surface area (TPSA) is 56.7 Å². The molecule has 0 amide bonds. The highest BCUT2D eigenvalue weighted by atomic mass is 32.1. The van der Waals surface area contributed by atoms with E-state index in [1.807, 2.05) is 48.0 Å². The molecular weight excluding hydrogens is 363 g/mol. The van der Waals surface area contributed by atoms with Crippen LogP contribution in [0.15, 0.2) is 65.2 Å². The Kier molecular flexibility index (Phi) is 3.61. The predicted molar refractivity (Wildman–Crippen MR) is 102 cm³/mol. The monoisotopic (exact) mass is 376 g/mol. The fourth-order valence-electron chi connectivity index (χ4n) is 2.97. The summed E-state index contributed by atoms with van der Waals surface area (Å²) in [4.78, 5) is 6.24. The van der Waals surface area contributed by atoms with Crippen LogP contribution in [0.2, 0.25) is 0 Å². The molecule has 0 aliphatic rings. The van der Waals surface area contributed by atoms with Gasteiger partial charge < -0.3 is 4.52 Å². The smallest absolute Gasteiger partial charge is 0.261 e. The van der Waals surface area contributed by atoms with Gasteiger partial charge in [-0.15, -0.1) is 11.3 Å². The van der Waals surface area contributed by atoms with Crippen LogP contribution in [0.4, 0.5) is 4.39 Å². The number of hydrogen-bond donors (Lipinski definition) is 0. The Balaban J connectivity index is 1.60. The van der Waals surface area contributed by atoms with Gasteiger partial charge in [0.1, 0.15) is 10.6 Å². The lowest BCUT2D eigenvalue weighted by Crippen LogP contribution is -1.94. The van der Waals surface area contributed by atoms with Crippen molar-refractivity contribution in [3.63, 3.8) is 0 Å². The van der Waals surface area contributed by atoms with Gasteiger partial charge in [-0.1, -0.05) is 35.5 Å². The summed E-state index contributed by atoms with van der Waals surface area (Å²) in [7, 11) is 0. The van der Waals surface area contributed by atoms with E-state index in [1.165, 1.54) is 17.4 Å². The lowest BCUT2D eigenvalue weighted by Gasteiger charge is -2.00. The summed E-state index contributed by atoms with van der Waals surface area (Å²) < 4.78 is 21.2. The van der Waals surface area contributed by atoms with Crippen molar-refractivity contribution in [1.29, 1.82) is 0 Å². The number of fused-ring (bicyclic) bond motifs is 1. The van der Waals surface area contributed by atoms with E-state index in [1.54, 1.807) is 18.2 Å². The maximum absolute atomic E-state index is 14.0. The Bertz CT molecular complexity index is 1260. The number of nitrogens with zero attached hydrogens (tertiary/aromatic N) is 4. The molecule has 0 saturated heterocycles. The second-order valence-corrected chi connectivity index (χ2v) is 7.10. The van der Waals surface area contributed by atoms with Gasteiger partial charge in [0.2, 0.25) is 5.82 Å². The van der Waals surface area contributed by atoms with Gasteiger partial charge in [0.25, 0.3) is 5.89 Å². The molecule has 5 nitrogen and oxygen atoms in total. The molecular formula is C20H13FN4OS. The number of aromatic nitrogens is 4. The molecule has 0 saturated carbocycles. The standard InChI is InChI=1S/C20H13FN4OS/c1-12-15-11-17(27-20(15)25(23-12)13-7-3-2-4-8-13)18-22-19(26-24-18)14-9-5-6-10-16(14)21/h2-11H,1H3. The van der Waals surface area contributed by atoms with Gasteiger partial charge >= 0.3 is 0 Å². The van der Waals surface area contributed by atoms with Crippen LogP contribution in [0.1, 0.15) is 5.69 Å². The highest BCUT2D eigenvalue weighted by Crippen LogP contribution is 2.36. The Morgan fingerprint density at radius 3 is 2.63 bits per heavy atom. The van der Waals surface area contributed by atoms with E-state index < -0.39 is 0 Å². The first-order valence-corrected chi connectivity index (χ1v) is 9.16. The minimum absolute atomic E-state index is 0.168. The SMILES string of the molecule is Cc1nn(-c2ccccc2)c2sc(-c3noc(-c4ccccc4F)n3)cc12. The Hall–Kier alpha value is -3.32. The molecule has 0 bridgehead atoms. The van der Waals surface area contributed by atoms with E-state index in [-0.39, 0.29) is 11.7 Å². The van der Waals surface area contributed by atoms with Crippen molar-refractivity contribution < 1.29 is 8.91 Å². The quantitative estimate of drug-likeness (QED) is 0.431. The predicted octanol–water partition coefficient (Wildman–Crippen LogP) is 5.25. The van der Waals surface area contributed by atoms with Crippen LogP contribution in [-0.4, -0.2) is 19.9 Å². The largest absolute Gasteiger partial charge is 0.333 e. The van der Waals surface area contributed by atoms with Crippen LogP contribution in [0, 0.1) is 12.7 Å². The van der Waals surface area contributed by atoms with Crippen molar-refractivity contribution >= 4 is 21.6 Å². The molecule has 0 fully saturated rings. The number of benzene rings is 2. The van der Waals surface area contributed by atoms with Crippen molar-refractivity contribution in [1.82, 2.24) is 19.9 Å². The normalized spacial score (nSPS) is 11.3. The summed E-state index contributed by atoms with van der Waals surface area (Å²) in [5.74, 6) is 0.218. The van der Waals surface area contributed by atoms with Crippen molar-refractivity contribution in [2.24, 2.45) is 0 Å². The molecule has 0 aliphatic heterocycles. The third-order valence-corrected chi connectivity index (χ3v) is 5.40. The molecule has 0 aliphatic carbocycles. The molecule has 0 unspecified atom stereocenters. The molecule has 27 heavy (non-hydrogen) atoms. The van der Waals surface area contributed by atoms with Crippen LogP contribution in [0.25, 0.3) is 38.1 Å². The van der Waals surface area contributed by atoms with Crippen molar-refractivity contribution in [2.75, 3.05) is 0 Å². The molecule has 132 valence electrons. The minimum Gasteiger partial charge on any atom is -0.333 e. The van der Waals surface area contributed by atoms with Crippen LogP contribution in [-0.2, 0) is 0 Å². The molecule has 0 spiro atoms. The van der Waals surface area contributed by atoms with E-state index >= 15 is 0 Å². The molecule has 2 aromatic carbocycles. The fraction of sp³-hybridized carbons (Fsp3) is 0.0500. The molecule has 0 atom stereocenters. The second-order valence-electron chi connectivity index (χ2n) is 6.07. The molecule has 5 rings (SSSR count). The van der Waals surface area contributed by atoms with E-state index in [0.29, 0.717) is 11.4 Å². The zero-order valence-electron chi connectivity index (χ0n) is 14.3. The van der Waals surface area contributed by atoms with Gasteiger partial charge in [0, 0.05) is 5.39 Å². The number of rotatable bonds is 3. The van der Waals surface area contributed by atoms with E-state index in [2.05, 4.69) is 15.2 Å². The number of halogens is 1. The minimum atomic E-state index is -0.389. The first-order chi connectivity index (χ1) is 13.2. The first kappa shape index (κ1) is 15.9. The van der Waals surface area contributed by atoms with Gasteiger partial charge in [0.15, 0.2) is 0 Å². The molecule has 0 N–H and O–H groups in total. The highest BCUT2D eigenvalue weighted by Gasteiger charge is 2.19. The van der Waals surface area contributed by atoms with Crippen LogP contribution < -0.4 is 0 Å². The lowest BCUT2D eigenvalue weighted by atomic mass is 10.2. The number of para-hydroxylation sites is 1. The third kappa shape index (κ3) is 2.63. The summed E-state index contributed by atoms with van der Waals surface area (Å²) in [5.41, 5.74) is 2.21. The third-order valence-electron chi connectivity index (χ3n) is 4.30.